The summed E-state index contributed by atoms with van der Waals surface area (Å²) in [6.07, 6.45) is 0. The number of carbonyl (C=O) groups is 3. The van der Waals surface area contributed by atoms with E-state index in [1.807, 2.05) is 13.8 Å². The van der Waals surface area contributed by atoms with Crippen LogP contribution in [0.2, 0.25) is 0 Å². The molecule has 8 nitrogen and oxygen atoms in total. The average molecular weight is 393 g/mol. The molecule has 1 amide bonds. The number of thiophene rings is 1. The predicted octanol–water partition coefficient (Wildman–Crippen LogP) is 3.11. The molecule has 0 aromatic carbocycles. The monoisotopic (exact) mass is 393 g/mol. The van der Waals surface area contributed by atoms with Crippen molar-refractivity contribution >= 4 is 34.2 Å². The fourth-order valence-corrected chi connectivity index (χ4v) is 3.92. The Bertz CT molecular complexity index is 897. The molecule has 0 radical (unpaired) electrons. The second kappa shape index (κ2) is 8.34. The number of methoxy groups -OCH3 is 1. The van der Waals surface area contributed by atoms with Gasteiger partial charge in [0.25, 0.3) is 5.91 Å². The Morgan fingerprint density at radius 2 is 1.78 bits per heavy atom. The number of hydrogen-bond donors (Lipinski definition) is 1. The maximum atomic E-state index is 12.8. The van der Waals surface area contributed by atoms with Crippen LogP contribution in [0.15, 0.2) is 0 Å². The third-order valence-electron chi connectivity index (χ3n) is 4.13. The summed E-state index contributed by atoms with van der Waals surface area (Å²) in [5, 5.41) is 7.32. The van der Waals surface area contributed by atoms with Gasteiger partial charge in [-0.15, -0.1) is 11.3 Å². The van der Waals surface area contributed by atoms with Crippen LogP contribution in [-0.2, 0) is 16.0 Å². The molecule has 146 valence electrons. The lowest BCUT2D eigenvalue weighted by molar-refractivity contribution is 0.0531. The second-order valence-corrected chi connectivity index (χ2v) is 6.81. The van der Waals surface area contributed by atoms with Gasteiger partial charge < -0.3 is 14.8 Å². The van der Waals surface area contributed by atoms with Crippen molar-refractivity contribution in [1.82, 2.24) is 9.78 Å². The minimum Gasteiger partial charge on any atom is -0.465 e. The predicted molar refractivity (Wildman–Crippen MR) is 102 cm³/mol. The Morgan fingerprint density at radius 1 is 1.11 bits per heavy atom. The highest BCUT2D eigenvalue weighted by atomic mass is 32.1. The summed E-state index contributed by atoms with van der Waals surface area (Å²) < 4.78 is 11.6. The van der Waals surface area contributed by atoms with Gasteiger partial charge in [-0.1, -0.05) is 0 Å². The largest absolute Gasteiger partial charge is 0.465 e. The summed E-state index contributed by atoms with van der Waals surface area (Å²) in [6, 6.07) is 0. The van der Waals surface area contributed by atoms with Crippen molar-refractivity contribution in [2.75, 3.05) is 19.0 Å². The first-order valence-corrected chi connectivity index (χ1v) is 9.32. The Kier molecular flexibility index (Phi) is 6.37. The van der Waals surface area contributed by atoms with Crippen LogP contribution >= 0.6 is 11.3 Å². The standard InChI is InChI=1S/C18H23N3O5S/c1-7-21-11(5)13(10(4)20-21)15(22)19-16-12(17(23)25-6)9(3)14(27-16)18(24)26-8-2/h7-8H2,1-6H3,(H,19,22). The number of aromatic nitrogens is 2. The van der Waals surface area contributed by atoms with E-state index in [1.54, 1.807) is 25.5 Å². The van der Waals surface area contributed by atoms with E-state index in [0.29, 0.717) is 23.4 Å². The third-order valence-corrected chi connectivity index (χ3v) is 5.32. The number of amides is 1. The molecule has 2 aromatic heterocycles. The number of ether oxygens (including phenoxy) is 2. The van der Waals surface area contributed by atoms with Gasteiger partial charge in [0, 0.05) is 12.2 Å². The van der Waals surface area contributed by atoms with E-state index in [4.69, 9.17) is 9.47 Å². The van der Waals surface area contributed by atoms with Crippen LogP contribution in [0.25, 0.3) is 0 Å². The molecule has 0 unspecified atom stereocenters. The molecule has 0 saturated carbocycles. The van der Waals surface area contributed by atoms with Crippen LogP contribution in [0.3, 0.4) is 0 Å². The van der Waals surface area contributed by atoms with E-state index in [-0.39, 0.29) is 22.0 Å². The number of nitrogens with one attached hydrogen (secondary N) is 1. The van der Waals surface area contributed by atoms with Gasteiger partial charge in [0.1, 0.15) is 9.88 Å². The smallest absolute Gasteiger partial charge is 0.348 e. The molecule has 0 atom stereocenters. The van der Waals surface area contributed by atoms with Crippen molar-refractivity contribution in [1.29, 1.82) is 0 Å². The molecule has 0 aliphatic rings. The molecule has 0 aliphatic heterocycles. The van der Waals surface area contributed by atoms with Crippen LogP contribution in [0.5, 0.6) is 0 Å². The molecular formula is C18H23N3O5S. The Morgan fingerprint density at radius 3 is 2.30 bits per heavy atom. The van der Waals surface area contributed by atoms with Crippen molar-refractivity contribution < 1.29 is 23.9 Å². The summed E-state index contributed by atoms with van der Waals surface area (Å²) in [5.74, 6) is -1.57. The summed E-state index contributed by atoms with van der Waals surface area (Å²) in [7, 11) is 1.24. The third kappa shape index (κ3) is 3.87. The number of aryl methyl sites for hydroxylation is 2. The van der Waals surface area contributed by atoms with Crippen molar-refractivity contribution in [2.24, 2.45) is 0 Å². The molecule has 9 heteroatoms. The molecular weight excluding hydrogens is 370 g/mol. The topological polar surface area (TPSA) is 99.5 Å². The lowest BCUT2D eigenvalue weighted by Gasteiger charge is -2.07. The first kappa shape index (κ1) is 20.6. The van der Waals surface area contributed by atoms with Gasteiger partial charge in [-0.2, -0.15) is 5.10 Å². The molecule has 2 aromatic rings. The molecule has 27 heavy (non-hydrogen) atoms. The van der Waals surface area contributed by atoms with Gasteiger partial charge in [0.15, 0.2) is 0 Å². The number of esters is 2. The Labute approximate surface area is 161 Å². The number of nitrogens with zero attached hydrogens (tertiary/aromatic N) is 2. The highest BCUT2D eigenvalue weighted by molar-refractivity contribution is 7.18. The summed E-state index contributed by atoms with van der Waals surface area (Å²) in [4.78, 5) is 37.5. The van der Waals surface area contributed by atoms with Gasteiger partial charge in [0.05, 0.1) is 30.5 Å². The molecule has 0 aliphatic carbocycles. The van der Waals surface area contributed by atoms with Crippen molar-refractivity contribution in [3.8, 4) is 0 Å². The van der Waals surface area contributed by atoms with Crippen molar-refractivity contribution in [2.45, 2.75) is 41.2 Å². The molecule has 0 fully saturated rings. The van der Waals surface area contributed by atoms with Crippen LogP contribution in [0.1, 0.15) is 61.2 Å². The van der Waals surface area contributed by atoms with Crippen LogP contribution in [0.4, 0.5) is 5.00 Å². The van der Waals surface area contributed by atoms with E-state index < -0.39 is 17.8 Å². The molecule has 0 bridgehead atoms. The van der Waals surface area contributed by atoms with Crippen LogP contribution in [0, 0.1) is 20.8 Å². The van der Waals surface area contributed by atoms with E-state index in [2.05, 4.69) is 10.4 Å². The zero-order valence-corrected chi connectivity index (χ0v) is 17.1. The van der Waals surface area contributed by atoms with E-state index in [9.17, 15) is 14.4 Å². The maximum Gasteiger partial charge on any atom is 0.348 e. The molecule has 2 rings (SSSR count). The average Bonchev–Trinajstić information content (AvgIpc) is 3.10. The summed E-state index contributed by atoms with van der Waals surface area (Å²) in [6.45, 7) is 9.66. The Balaban J connectivity index is 2.47. The van der Waals surface area contributed by atoms with Gasteiger partial charge in [-0.05, 0) is 40.2 Å². The van der Waals surface area contributed by atoms with Crippen LogP contribution in [-0.4, -0.2) is 41.3 Å². The SMILES string of the molecule is CCOC(=O)c1sc(NC(=O)c2c(C)nn(CC)c2C)c(C(=O)OC)c1C. The van der Waals surface area contributed by atoms with Gasteiger partial charge in [0.2, 0.25) is 0 Å². The van der Waals surface area contributed by atoms with Gasteiger partial charge >= 0.3 is 11.9 Å². The number of carbonyl (C=O) groups excluding carboxylic acids is 3. The molecule has 2 heterocycles. The number of hydrogen-bond acceptors (Lipinski definition) is 7. The molecule has 0 spiro atoms. The number of anilines is 1. The highest BCUT2D eigenvalue weighted by Crippen LogP contribution is 2.34. The Hall–Kier alpha value is -2.68. The van der Waals surface area contributed by atoms with Crippen molar-refractivity contribution in [3.05, 3.63) is 33.0 Å². The minimum atomic E-state index is -0.632. The first-order chi connectivity index (χ1) is 12.8. The van der Waals surface area contributed by atoms with Crippen molar-refractivity contribution in [3.63, 3.8) is 0 Å². The zero-order chi connectivity index (χ0) is 20.3. The fraction of sp³-hybridized carbons (Fsp3) is 0.444. The van der Waals surface area contributed by atoms with Crippen LogP contribution < -0.4 is 5.32 Å². The normalized spacial score (nSPS) is 10.6. The lowest BCUT2D eigenvalue weighted by Crippen LogP contribution is -2.16. The molecule has 0 saturated heterocycles. The minimum absolute atomic E-state index is 0.150. The van der Waals surface area contributed by atoms with E-state index in [1.165, 1.54) is 7.11 Å². The van der Waals surface area contributed by atoms with E-state index in [0.717, 1.165) is 17.0 Å². The lowest BCUT2D eigenvalue weighted by atomic mass is 10.1. The highest BCUT2D eigenvalue weighted by Gasteiger charge is 2.28. The molecule has 1 N–H and O–H groups in total. The maximum absolute atomic E-state index is 12.8. The zero-order valence-electron chi connectivity index (χ0n) is 16.3. The summed E-state index contributed by atoms with van der Waals surface area (Å²) >= 11 is 0.991. The van der Waals surface area contributed by atoms with E-state index >= 15 is 0 Å². The second-order valence-electron chi connectivity index (χ2n) is 5.79. The summed E-state index contributed by atoms with van der Waals surface area (Å²) in [5.41, 5.74) is 2.32. The quantitative estimate of drug-likeness (QED) is 0.757. The first-order valence-electron chi connectivity index (χ1n) is 8.50. The van der Waals surface area contributed by atoms with Gasteiger partial charge in [-0.3, -0.25) is 9.48 Å². The van der Waals surface area contributed by atoms with Gasteiger partial charge in [-0.25, -0.2) is 9.59 Å². The fourth-order valence-electron chi connectivity index (χ4n) is 2.84. The number of rotatable bonds is 6.